The van der Waals surface area contributed by atoms with Crippen molar-refractivity contribution in [2.45, 2.75) is 13.2 Å². The average Bonchev–Trinajstić information content (AvgIpc) is 2.67. The first-order chi connectivity index (χ1) is 13.0. The van der Waals surface area contributed by atoms with Gasteiger partial charge in [-0.3, -0.25) is 0 Å². The van der Waals surface area contributed by atoms with Crippen LogP contribution in [0, 0.1) is 0 Å². The molecule has 3 aromatic carbocycles. The first kappa shape index (κ1) is 19.1. The number of carbonyl (C=O) groups is 1. The third kappa shape index (κ3) is 5.16. The van der Waals surface area contributed by atoms with E-state index < -0.39 is 5.97 Å². The van der Waals surface area contributed by atoms with Gasteiger partial charge in [-0.05, 0) is 41.5 Å². The van der Waals surface area contributed by atoms with E-state index in [9.17, 15) is 4.79 Å². The Labute approximate surface area is 167 Å². The molecule has 0 atom stereocenters. The zero-order valence-electron chi connectivity index (χ0n) is 14.3. The van der Waals surface area contributed by atoms with Crippen LogP contribution in [-0.2, 0) is 13.2 Å². The largest absolute Gasteiger partial charge is 0.486 e. The van der Waals surface area contributed by atoms with Crippen molar-refractivity contribution in [3.8, 4) is 5.75 Å². The minimum Gasteiger partial charge on any atom is -0.486 e. The second kappa shape index (κ2) is 8.80. The summed E-state index contributed by atoms with van der Waals surface area (Å²) in [6.45, 7) is 0.821. The van der Waals surface area contributed by atoms with Crippen molar-refractivity contribution < 1.29 is 14.6 Å². The van der Waals surface area contributed by atoms with Crippen molar-refractivity contribution in [3.63, 3.8) is 0 Å². The molecule has 0 aliphatic heterocycles. The van der Waals surface area contributed by atoms with E-state index in [4.69, 9.17) is 33.0 Å². The number of hydrogen-bond donors (Lipinski definition) is 2. The van der Waals surface area contributed by atoms with Crippen LogP contribution in [0.25, 0.3) is 0 Å². The summed E-state index contributed by atoms with van der Waals surface area (Å²) >= 11 is 12.7. The predicted octanol–water partition coefficient (Wildman–Crippen LogP) is 5.88. The highest BCUT2D eigenvalue weighted by Gasteiger charge is 2.11. The molecule has 4 nitrogen and oxygen atoms in total. The van der Waals surface area contributed by atoms with Crippen LogP contribution < -0.4 is 10.1 Å². The van der Waals surface area contributed by atoms with E-state index in [2.05, 4.69) is 5.32 Å². The van der Waals surface area contributed by atoms with Crippen molar-refractivity contribution in [2.75, 3.05) is 5.32 Å². The van der Waals surface area contributed by atoms with Gasteiger partial charge in [-0.25, -0.2) is 4.79 Å². The topological polar surface area (TPSA) is 58.6 Å². The number of carboxylic acids is 1. The maximum atomic E-state index is 11.0. The lowest BCUT2D eigenvalue weighted by Crippen LogP contribution is -2.03. The van der Waals surface area contributed by atoms with Gasteiger partial charge in [-0.15, -0.1) is 0 Å². The Morgan fingerprint density at radius 2 is 1.63 bits per heavy atom. The fourth-order valence-electron chi connectivity index (χ4n) is 2.55. The average molecular weight is 402 g/mol. The molecule has 0 amide bonds. The molecule has 0 saturated heterocycles. The predicted molar refractivity (Wildman–Crippen MR) is 108 cm³/mol. The standard InChI is InChI=1S/C21H17Cl2NO3/c22-18-9-15(12-24-17-8-4-7-16(11-17)21(25)26)10-19(23)20(18)27-13-14-5-2-1-3-6-14/h1-11,24H,12-13H2,(H,25,26). The highest BCUT2D eigenvalue weighted by atomic mass is 35.5. The summed E-state index contributed by atoms with van der Waals surface area (Å²) in [6, 6.07) is 19.9. The number of aromatic carboxylic acids is 1. The number of carboxylic acid groups (broad SMARTS) is 1. The third-order valence-electron chi connectivity index (χ3n) is 3.89. The fourth-order valence-corrected chi connectivity index (χ4v) is 3.19. The summed E-state index contributed by atoms with van der Waals surface area (Å²) in [5.41, 5.74) is 2.80. The molecular weight excluding hydrogens is 385 g/mol. The van der Waals surface area contributed by atoms with Gasteiger partial charge in [0.2, 0.25) is 0 Å². The summed E-state index contributed by atoms with van der Waals surface area (Å²) in [5.74, 6) is -0.525. The normalized spacial score (nSPS) is 10.4. The van der Waals surface area contributed by atoms with E-state index in [0.717, 1.165) is 11.1 Å². The third-order valence-corrected chi connectivity index (χ3v) is 4.45. The number of halogens is 2. The molecule has 0 spiro atoms. The zero-order valence-corrected chi connectivity index (χ0v) is 15.8. The molecule has 138 valence electrons. The van der Waals surface area contributed by atoms with Crippen molar-refractivity contribution in [1.82, 2.24) is 0 Å². The number of ether oxygens (including phenoxy) is 1. The van der Waals surface area contributed by atoms with Gasteiger partial charge in [-0.2, -0.15) is 0 Å². The molecule has 0 heterocycles. The molecule has 27 heavy (non-hydrogen) atoms. The monoisotopic (exact) mass is 401 g/mol. The van der Waals surface area contributed by atoms with Crippen LogP contribution in [0.1, 0.15) is 21.5 Å². The highest BCUT2D eigenvalue weighted by molar-refractivity contribution is 6.37. The Morgan fingerprint density at radius 3 is 2.30 bits per heavy atom. The van der Waals surface area contributed by atoms with E-state index in [1.54, 1.807) is 36.4 Å². The van der Waals surface area contributed by atoms with E-state index >= 15 is 0 Å². The van der Waals surface area contributed by atoms with Crippen LogP contribution in [-0.4, -0.2) is 11.1 Å². The van der Waals surface area contributed by atoms with Crippen LogP contribution in [0.3, 0.4) is 0 Å². The maximum Gasteiger partial charge on any atom is 0.335 e. The van der Waals surface area contributed by atoms with Crippen LogP contribution >= 0.6 is 23.2 Å². The first-order valence-corrected chi connectivity index (χ1v) is 9.00. The molecule has 0 aliphatic carbocycles. The van der Waals surface area contributed by atoms with E-state index in [0.29, 0.717) is 34.6 Å². The van der Waals surface area contributed by atoms with Gasteiger partial charge in [0, 0.05) is 12.2 Å². The second-order valence-electron chi connectivity index (χ2n) is 5.90. The maximum absolute atomic E-state index is 11.0. The van der Waals surface area contributed by atoms with E-state index in [-0.39, 0.29) is 5.56 Å². The SMILES string of the molecule is O=C(O)c1cccc(NCc2cc(Cl)c(OCc3ccccc3)c(Cl)c2)c1. The molecule has 3 rings (SSSR count). The Bertz CT molecular complexity index is 922. The second-order valence-corrected chi connectivity index (χ2v) is 6.72. The molecule has 2 N–H and O–H groups in total. The van der Waals surface area contributed by atoms with E-state index in [1.807, 2.05) is 30.3 Å². The molecule has 0 aliphatic rings. The van der Waals surface area contributed by atoms with Gasteiger partial charge in [-0.1, -0.05) is 59.6 Å². The minimum atomic E-state index is -0.968. The summed E-state index contributed by atoms with van der Waals surface area (Å²) < 4.78 is 5.76. The Balaban J connectivity index is 1.67. The minimum absolute atomic E-state index is 0.223. The molecule has 0 fully saturated rings. The van der Waals surface area contributed by atoms with Crippen molar-refractivity contribution in [1.29, 1.82) is 0 Å². The van der Waals surface area contributed by atoms with Crippen molar-refractivity contribution in [2.24, 2.45) is 0 Å². The summed E-state index contributed by atoms with van der Waals surface area (Å²) in [5, 5.41) is 13.1. The van der Waals surface area contributed by atoms with Crippen LogP contribution in [0.5, 0.6) is 5.75 Å². The number of nitrogens with one attached hydrogen (secondary N) is 1. The van der Waals surface area contributed by atoms with Gasteiger partial charge < -0.3 is 15.2 Å². The summed E-state index contributed by atoms with van der Waals surface area (Å²) in [4.78, 5) is 11.0. The van der Waals surface area contributed by atoms with E-state index in [1.165, 1.54) is 0 Å². The lowest BCUT2D eigenvalue weighted by Gasteiger charge is -2.13. The fraction of sp³-hybridized carbons (Fsp3) is 0.0952. The van der Waals surface area contributed by atoms with Gasteiger partial charge >= 0.3 is 5.97 Å². The highest BCUT2D eigenvalue weighted by Crippen LogP contribution is 2.35. The molecule has 0 radical (unpaired) electrons. The first-order valence-electron chi connectivity index (χ1n) is 8.25. The number of rotatable bonds is 7. The number of benzene rings is 3. The van der Waals surface area contributed by atoms with Crippen LogP contribution in [0.2, 0.25) is 10.0 Å². The van der Waals surface area contributed by atoms with Crippen LogP contribution in [0.4, 0.5) is 5.69 Å². The molecule has 0 unspecified atom stereocenters. The summed E-state index contributed by atoms with van der Waals surface area (Å²) in [6.07, 6.45) is 0. The van der Waals surface area contributed by atoms with Crippen molar-refractivity contribution >= 4 is 34.9 Å². The molecule has 3 aromatic rings. The molecule has 0 saturated carbocycles. The van der Waals surface area contributed by atoms with Gasteiger partial charge in [0.1, 0.15) is 6.61 Å². The van der Waals surface area contributed by atoms with Gasteiger partial charge in [0.15, 0.2) is 5.75 Å². The quantitative estimate of drug-likeness (QED) is 0.518. The van der Waals surface area contributed by atoms with Crippen molar-refractivity contribution in [3.05, 3.63) is 93.5 Å². The van der Waals surface area contributed by atoms with Crippen LogP contribution in [0.15, 0.2) is 66.7 Å². The zero-order chi connectivity index (χ0) is 19.2. The lowest BCUT2D eigenvalue weighted by atomic mass is 10.1. The Hall–Kier alpha value is -2.69. The van der Waals surface area contributed by atoms with Gasteiger partial charge in [0.25, 0.3) is 0 Å². The number of anilines is 1. The smallest absolute Gasteiger partial charge is 0.335 e. The molecular formula is C21H17Cl2NO3. The lowest BCUT2D eigenvalue weighted by molar-refractivity contribution is 0.0697. The molecule has 0 bridgehead atoms. The van der Waals surface area contributed by atoms with Gasteiger partial charge in [0.05, 0.1) is 15.6 Å². The Kier molecular flexibility index (Phi) is 6.22. The Morgan fingerprint density at radius 1 is 0.926 bits per heavy atom. The molecule has 0 aromatic heterocycles. The molecule has 6 heteroatoms. The summed E-state index contributed by atoms with van der Waals surface area (Å²) in [7, 11) is 0. The number of hydrogen-bond acceptors (Lipinski definition) is 3.